The van der Waals surface area contributed by atoms with E-state index in [9.17, 15) is 0 Å². The molecule has 1 heterocycles. The molecule has 2 unspecified atom stereocenters. The van der Waals surface area contributed by atoms with Crippen LogP contribution < -0.4 is 13.6 Å². The van der Waals surface area contributed by atoms with Crippen LogP contribution >= 0.6 is 0 Å². The van der Waals surface area contributed by atoms with Gasteiger partial charge in [-0.15, -0.1) is 0 Å². The van der Waals surface area contributed by atoms with Gasteiger partial charge in [-0.3, -0.25) is 0 Å². The molecule has 0 saturated carbocycles. The van der Waals surface area contributed by atoms with Gasteiger partial charge in [0.1, 0.15) is 0 Å². The fraction of sp³-hybridized carbons (Fsp3) is 0.286. The Morgan fingerprint density at radius 2 is 0.931 bits per heavy atom. The van der Waals surface area contributed by atoms with Gasteiger partial charge in [0.15, 0.2) is 0 Å². The van der Waals surface area contributed by atoms with Crippen LogP contribution in [0.4, 0.5) is 0 Å². The minimum absolute atomic E-state index is 0.466. The van der Waals surface area contributed by atoms with Crippen molar-refractivity contribution in [2.24, 2.45) is 0 Å². The third kappa shape index (κ3) is 6.97. The third-order valence-electron chi connectivity index (χ3n) is 13.5. The van der Waals surface area contributed by atoms with Crippen molar-refractivity contribution >= 4 is 35.3 Å². The maximum absolute atomic E-state index is 2.87. The van der Waals surface area contributed by atoms with Crippen LogP contribution in [0, 0.1) is 0 Å². The summed E-state index contributed by atoms with van der Waals surface area (Å²) in [6, 6.07) is 50.2. The van der Waals surface area contributed by atoms with E-state index in [4.69, 9.17) is 0 Å². The number of rotatable bonds is 13. The molecule has 1 aliphatic heterocycles. The Balaban J connectivity index is 1.31. The van der Waals surface area contributed by atoms with Gasteiger partial charge in [-0.2, -0.15) is 0 Å². The molecule has 0 radical (unpaired) electrons. The molecule has 0 saturated heterocycles. The molecular weight excluding hydrogens is 792 g/mol. The van der Waals surface area contributed by atoms with Gasteiger partial charge in [0, 0.05) is 0 Å². The predicted octanol–water partition coefficient (Wildman–Crippen LogP) is 13.3. The molecule has 0 spiro atoms. The van der Waals surface area contributed by atoms with Crippen LogP contribution in [-0.2, 0) is 21.8 Å². The summed E-state index contributed by atoms with van der Waals surface area (Å²) in [4.78, 5) is 0. The van der Waals surface area contributed by atoms with Gasteiger partial charge in [0.25, 0.3) is 0 Å². The summed E-state index contributed by atoms with van der Waals surface area (Å²) in [5, 5.41) is 3.40. The molecule has 6 aromatic carbocycles. The Morgan fingerprint density at radius 3 is 1.45 bits per heavy atom. The van der Waals surface area contributed by atoms with E-state index in [0.717, 1.165) is 0 Å². The van der Waals surface area contributed by atoms with Crippen LogP contribution in [-0.4, -0.2) is 9.52 Å². The van der Waals surface area contributed by atoms with Crippen LogP contribution in [0.2, 0.25) is 0 Å². The Bertz CT molecular complexity index is 2420. The molecule has 9 rings (SSSR count). The van der Waals surface area contributed by atoms with Gasteiger partial charge in [0.2, 0.25) is 0 Å². The van der Waals surface area contributed by atoms with Gasteiger partial charge in [-0.25, -0.2) is 0 Å². The Hall–Kier alpha value is -4.10. The zero-order valence-electron chi connectivity index (χ0n) is 35.5. The van der Waals surface area contributed by atoms with E-state index in [1.807, 2.05) is 3.27 Å². The van der Waals surface area contributed by atoms with E-state index < -0.39 is 31.3 Å². The first-order valence-corrected chi connectivity index (χ1v) is 27.8. The fourth-order valence-electron chi connectivity index (χ4n) is 10.7. The molecule has 0 amide bonds. The Labute approximate surface area is 359 Å². The monoisotopic (exact) mass is 849 g/mol. The molecule has 0 fully saturated rings. The zero-order chi connectivity index (χ0) is 39.9. The average Bonchev–Trinajstić information content (AvgIpc) is 3.94. The standard InChI is InChI=1S/2C22H25.C12H9Si.Zr/c2*1-4-5-9-17-14-18-10-8-13-21(22(18)15-17)20-12-7-6-11-19(20)16(2)3;1-3-7-11-9(5-1)10-6-2-4-8-12(10)13-11;/h2*6-8,10-16H,4-5,9H2,1-3H3;1-7H,13H2;. The Morgan fingerprint density at radius 1 is 0.483 bits per heavy atom. The van der Waals surface area contributed by atoms with Crippen molar-refractivity contribution in [2.45, 2.75) is 99.2 Å². The molecule has 2 aliphatic carbocycles. The second-order valence-corrected chi connectivity index (χ2v) is 26.0. The van der Waals surface area contributed by atoms with E-state index in [2.05, 4.69) is 181 Å². The van der Waals surface area contributed by atoms with Crippen molar-refractivity contribution in [3.63, 3.8) is 0 Å². The van der Waals surface area contributed by atoms with Crippen LogP contribution in [0.15, 0.2) is 139 Å². The van der Waals surface area contributed by atoms with Crippen LogP contribution in [0.5, 0.6) is 0 Å². The van der Waals surface area contributed by atoms with Crippen molar-refractivity contribution in [3.05, 3.63) is 172 Å². The van der Waals surface area contributed by atoms with Crippen molar-refractivity contribution in [1.29, 1.82) is 0 Å². The number of fused-ring (bicyclic) bond motifs is 5. The van der Waals surface area contributed by atoms with Gasteiger partial charge in [-0.05, 0) is 0 Å². The van der Waals surface area contributed by atoms with Crippen molar-refractivity contribution in [2.75, 3.05) is 0 Å². The van der Waals surface area contributed by atoms with Crippen LogP contribution in [0.3, 0.4) is 0 Å². The van der Waals surface area contributed by atoms with Crippen molar-refractivity contribution < 1.29 is 21.8 Å². The first kappa shape index (κ1) is 39.4. The van der Waals surface area contributed by atoms with Crippen molar-refractivity contribution in [3.8, 4) is 33.4 Å². The number of benzene rings is 6. The van der Waals surface area contributed by atoms with E-state index in [-0.39, 0.29) is 0 Å². The topological polar surface area (TPSA) is 0 Å². The van der Waals surface area contributed by atoms with E-state index in [1.54, 1.807) is 38.2 Å². The fourth-order valence-corrected chi connectivity index (χ4v) is 24.7. The van der Waals surface area contributed by atoms with E-state index in [1.165, 1.54) is 88.6 Å². The second-order valence-electron chi connectivity index (χ2n) is 17.7. The molecule has 2 atom stereocenters. The second kappa shape index (κ2) is 16.9. The molecule has 58 heavy (non-hydrogen) atoms. The number of hydrogen-bond acceptors (Lipinski definition) is 0. The Kier molecular flexibility index (Phi) is 11.5. The van der Waals surface area contributed by atoms with Gasteiger partial charge >= 0.3 is 362 Å². The number of hydrogen-bond donors (Lipinski definition) is 0. The zero-order valence-corrected chi connectivity index (χ0v) is 39.4. The number of allylic oxidation sites excluding steroid dienone is 2. The third-order valence-corrected chi connectivity index (χ3v) is 25.5. The van der Waals surface area contributed by atoms with Gasteiger partial charge in [-0.1, -0.05) is 0 Å². The SMILES string of the molecule is CCCCC1=Cc2c(-c3ccccc3C(C)C)cccc2[CH]1[Zr]([c]1cccc2c1[SiH2]c1ccccc1-2)[CH]1C(CCCC)=Cc2c(-c3ccccc3C(C)C)cccc21. The average molecular weight is 851 g/mol. The molecule has 0 bridgehead atoms. The molecule has 6 aromatic rings. The molecule has 3 aliphatic rings. The number of unbranched alkanes of at least 4 members (excludes halogenated alkanes) is 2. The van der Waals surface area contributed by atoms with Crippen LogP contribution in [0.25, 0.3) is 45.5 Å². The van der Waals surface area contributed by atoms with Crippen LogP contribution in [0.1, 0.15) is 133 Å². The molecule has 0 nitrogen and oxygen atoms in total. The first-order valence-electron chi connectivity index (χ1n) is 22.3. The summed E-state index contributed by atoms with van der Waals surface area (Å²) in [6.07, 6.45) is 12.7. The maximum atomic E-state index is 2.72. The van der Waals surface area contributed by atoms with Crippen molar-refractivity contribution in [1.82, 2.24) is 0 Å². The molecule has 2 heteroatoms. The quantitative estimate of drug-likeness (QED) is 0.101. The molecule has 0 aromatic heterocycles. The first-order chi connectivity index (χ1) is 28.4. The minimum atomic E-state index is -2.87. The summed E-state index contributed by atoms with van der Waals surface area (Å²) < 4.78 is 2.79. The summed E-state index contributed by atoms with van der Waals surface area (Å²) in [5.41, 5.74) is 21.4. The summed E-state index contributed by atoms with van der Waals surface area (Å²) >= 11 is -2.87. The predicted molar refractivity (Wildman–Crippen MR) is 252 cm³/mol. The summed E-state index contributed by atoms with van der Waals surface area (Å²) in [7, 11) is -0.620. The summed E-state index contributed by atoms with van der Waals surface area (Å²) in [6.45, 7) is 14.2. The van der Waals surface area contributed by atoms with Gasteiger partial charge < -0.3 is 0 Å². The summed E-state index contributed by atoms with van der Waals surface area (Å²) in [5.74, 6) is 0.933. The normalized spacial score (nSPS) is 16.7. The molecular formula is C56H59SiZr. The van der Waals surface area contributed by atoms with E-state index >= 15 is 0 Å². The van der Waals surface area contributed by atoms with E-state index in [0.29, 0.717) is 19.1 Å². The molecule has 0 N–H and O–H groups in total. The van der Waals surface area contributed by atoms with Gasteiger partial charge in [0.05, 0.1) is 0 Å². The molecule has 291 valence electrons.